The molecule has 0 aromatic heterocycles. The van der Waals surface area contributed by atoms with Crippen molar-refractivity contribution in [2.24, 2.45) is 0 Å². The van der Waals surface area contributed by atoms with E-state index in [9.17, 15) is 13.8 Å². The lowest BCUT2D eigenvalue weighted by molar-refractivity contribution is -0.140. The number of nitrogens with one attached hydrogen (secondary N) is 1. The van der Waals surface area contributed by atoms with E-state index in [4.69, 9.17) is 4.74 Å². The molecule has 7 heteroatoms. The second-order valence-electron chi connectivity index (χ2n) is 7.88. The molecule has 0 radical (unpaired) electrons. The van der Waals surface area contributed by atoms with Gasteiger partial charge in [-0.15, -0.1) is 0 Å². The summed E-state index contributed by atoms with van der Waals surface area (Å²) >= 11 is 0. The van der Waals surface area contributed by atoms with Crippen molar-refractivity contribution in [3.63, 3.8) is 0 Å². The van der Waals surface area contributed by atoms with Crippen molar-refractivity contribution in [3.8, 4) is 0 Å². The normalized spacial score (nSPS) is 21.6. The minimum Gasteiger partial charge on any atom is -0.381 e. The fourth-order valence-electron chi connectivity index (χ4n) is 4.05. The van der Waals surface area contributed by atoms with Crippen LogP contribution in [0.25, 0.3) is 0 Å². The predicted octanol–water partition coefficient (Wildman–Crippen LogP) is 3.23. The number of anilines is 1. The Hall–Kier alpha value is -1.73. The third-order valence-corrected chi connectivity index (χ3v) is 7.47. The van der Waals surface area contributed by atoms with Gasteiger partial charge in [0.15, 0.2) is 0 Å². The van der Waals surface area contributed by atoms with Crippen molar-refractivity contribution in [3.05, 3.63) is 29.8 Å². The molecule has 160 valence electrons. The zero-order chi connectivity index (χ0) is 20.6. The average Bonchev–Trinajstić information content (AvgIpc) is 2.75. The standard InChI is InChI=1S/C22H32N2O4S/c1-2-6-21(25)24-12-4-3-9-20(24)22(26)23-18-8-5-7-17(15-18)16-29(27)19-10-13-28-14-11-19/h5,7-8,15,19-20H,2-4,6,9-14,16H2,1H3,(H,23,26). The molecule has 1 aromatic rings. The summed E-state index contributed by atoms with van der Waals surface area (Å²) in [5, 5.41) is 3.16. The van der Waals surface area contributed by atoms with Gasteiger partial charge >= 0.3 is 0 Å². The largest absolute Gasteiger partial charge is 0.381 e. The van der Waals surface area contributed by atoms with E-state index in [0.717, 1.165) is 37.7 Å². The number of carbonyl (C=O) groups is 2. The molecule has 0 spiro atoms. The van der Waals surface area contributed by atoms with Crippen LogP contribution in [-0.2, 0) is 30.9 Å². The predicted molar refractivity (Wildman–Crippen MR) is 115 cm³/mol. The summed E-state index contributed by atoms with van der Waals surface area (Å²) in [5.41, 5.74) is 1.65. The van der Waals surface area contributed by atoms with Gasteiger partial charge in [-0.05, 0) is 56.2 Å². The number of piperidine rings is 1. The van der Waals surface area contributed by atoms with Crippen LogP contribution in [-0.4, -0.2) is 52.0 Å². The Morgan fingerprint density at radius 1 is 1.21 bits per heavy atom. The number of benzene rings is 1. The Bertz CT molecular complexity index is 733. The van der Waals surface area contributed by atoms with Gasteiger partial charge in [0.05, 0.1) is 0 Å². The molecule has 6 nitrogen and oxygen atoms in total. The molecule has 29 heavy (non-hydrogen) atoms. The molecule has 2 amide bonds. The number of hydrogen-bond acceptors (Lipinski definition) is 4. The minimum atomic E-state index is -0.943. The summed E-state index contributed by atoms with van der Waals surface area (Å²) in [7, 11) is -0.943. The monoisotopic (exact) mass is 420 g/mol. The number of ether oxygens (including phenoxy) is 1. The third kappa shape index (κ3) is 6.12. The highest BCUT2D eigenvalue weighted by atomic mass is 32.2. The lowest BCUT2D eigenvalue weighted by Crippen LogP contribution is -2.49. The molecule has 0 bridgehead atoms. The highest BCUT2D eigenvalue weighted by molar-refractivity contribution is 7.84. The van der Waals surface area contributed by atoms with Gasteiger partial charge in [-0.2, -0.15) is 0 Å². The highest BCUT2D eigenvalue weighted by Crippen LogP contribution is 2.22. The van der Waals surface area contributed by atoms with E-state index in [-0.39, 0.29) is 17.1 Å². The molecule has 0 saturated carbocycles. The van der Waals surface area contributed by atoms with Crippen LogP contribution in [0.1, 0.15) is 57.4 Å². The van der Waals surface area contributed by atoms with Crippen molar-refractivity contribution in [2.45, 2.75) is 68.9 Å². The molecular weight excluding hydrogens is 388 g/mol. The van der Waals surface area contributed by atoms with E-state index >= 15 is 0 Å². The summed E-state index contributed by atoms with van der Waals surface area (Å²) in [6.07, 6.45) is 5.56. The van der Waals surface area contributed by atoms with Crippen molar-refractivity contribution in [2.75, 3.05) is 25.1 Å². The molecule has 2 fully saturated rings. The first kappa shape index (κ1) is 22.0. The summed E-state index contributed by atoms with van der Waals surface area (Å²) < 4.78 is 18.0. The van der Waals surface area contributed by atoms with E-state index in [1.54, 1.807) is 4.90 Å². The Kier molecular flexibility index (Phi) is 8.24. The maximum atomic E-state index is 12.9. The first-order valence-electron chi connectivity index (χ1n) is 10.7. The minimum absolute atomic E-state index is 0.0629. The molecule has 2 saturated heterocycles. The van der Waals surface area contributed by atoms with E-state index in [0.29, 0.717) is 44.0 Å². The van der Waals surface area contributed by atoms with Gasteiger partial charge in [0, 0.05) is 53.7 Å². The summed E-state index contributed by atoms with van der Waals surface area (Å²) in [6, 6.07) is 7.18. The van der Waals surface area contributed by atoms with Crippen LogP contribution in [0.5, 0.6) is 0 Å². The van der Waals surface area contributed by atoms with Gasteiger partial charge in [0.1, 0.15) is 6.04 Å². The summed E-state index contributed by atoms with van der Waals surface area (Å²) in [4.78, 5) is 27.0. The summed E-state index contributed by atoms with van der Waals surface area (Å²) in [6.45, 7) is 4.00. The van der Waals surface area contributed by atoms with Crippen molar-refractivity contribution < 1.29 is 18.5 Å². The van der Waals surface area contributed by atoms with Crippen LogP contribution in [0.2, 0.25) is 0 Å². The highest BCUT2D eigenvalue weighted by Gasteiger charge is 2.31. The quantitative estimate of drug-likeness (QED) is 0.735. The fourth-order valence-corrected chi connectivity index (χ4v) is 5.51. The number of amides is 2. The van der Waals surface area contributed by atoms with Gasteiger partial charge in [-0.3, -0.25) is 13.8 Å². The van der Waals surface area contributed by atoms with Crippen LogP contribution in [0.15, 0.2) is 24.3 Å². The molecule has 3 rings (SSSR count). The van der Waals surface area contributed by atoms with E-state index in [1.807, 2.05) is 31.2 Å². The van der Waals surface area contributed by atoms with Crippen LogP contribution in [0, 0.1) is 0 Å². The van der Waals surface area contributed by atoms with Crippen LogP contribution in [0.3, 0.4) is 0 Å². The van der Waals surface area contributed by atoms with E-state index in [1.165, 1.54) is 0 Å². The Labute approximate surface area is 175 Å². The first-order valence-corrected chi connectivity index (χ1v) is 12.1. The second-order valence-corrected chi connectivity index (χ2v) is 9.59. The molecule has 2 aliphatic rings. The average molecular weight is 421 g/mol. The zero-order valence-corrected chi connectivity index (χ0v) is 18.0. The number of likely N-dealkylation sites (tertiary alicyclic amines) is 1. The van der Waals surface area contributed by atoms with Crippen molar-refractivity contribution >= 4 is 28.3 Å². The van der Waals surface area contributed by atoms with Crippen LogP contribution in [0.4, 0.5) is 5.69 Å². The van der Waals surface area contributed by atoms with Gasteiger partial charge in [-0.1, -0.05) is 19.1 Å². The summed E-state index contributed by atoms with van der Waals surface area (Å²) in [5.74, 6) is 0.420. The molecule has 2 unspecified atom stereocenters. The van der Waals surface area contributed by atoms with Crippen molar-refractivity contribution in [1.82, 2.24) is 4.90 Å². The fraction of sp³-hybridized carbons (Fsp3) is 0.636. The Morgan fingerprint density at radius 3 is 2.76 bits per heavy atom. The zero-order valence-electron chi connectivity index (χ0n) is 17.2. The molecule has 2 atom stereocenters. The van der Waals surface area contributed by atoms with Gasteiger partial charge in [0.2, 0.25) is 11.8 Å². The number of hydrogen-bond donors (Lipinski definition) is 1. The lowest BCUT2D eigenvalue weighted by Gasteiger charge is -2.34. The molecule has 2 heterocycles. The van der Waals surface area contributed by atoms with E-state index < -0.39 is 16.8 Å². The molecule has 1 N–H and O–H groups in total. The smallest absolute Gasteiger partial charge is 0.247 e. The second kappa shape index (κ2) is 10.9. The van der Waals surface area contributed by atoms with Crippen LogP contribution < -0.4 is 5.32 Å². The SMILES string of the molecule is CCCC(=O)N1CCCCC1C(=O)Nc1cccc(CS(=O)C2CCOCC2)c1. The van der Waals surface area contributed by atoms with Gasteiger partial charge < -0.3 is 15.0 Å². The maximum absolute atomic E-state index is 12.9. The Morgan fingerprint density at radius 2 is 2.00 bits per heavy atom. The Balaban J connectivity index is 1.61. The number of rotatable bonds is 7. The first-order chi connectivity index (χ1) is 14.1. The number of nitrogens with zero attached hydrogens (tertiary/aromatic N) is 1. The van der Waals surface area contributed by atoms with Crippen molar-refractivity contribution in [1.29, 1.82) is 0 Å². The topological polar surface area (TPSA) is 75.7 Å². The van der Waals surface area contributed by atoms with Gasteiger partial charge in [0.25, 0.3) is 0 Å². The van der Waals surface area contributed by atoms with E-state index in [2.05, 4.69) is 5.32 Å². The third-order valence-electron chi connectivity index (χ3n) is 5.63. The number of carbonyl (C=O) groups excluding carboxylic acids is 2. The molecule has 0 aliphatic carbocycles. The molecule has 2 aliphatic heterocycles. The van der Waals surface area contributed by atoms with Gasteiger partial charge in [-0.25, -0.2) is 0 Å². The van der Waals surface area contributed by atoms with Crippen LogP contribution >= 0.6 is 0 Å². The molecular formula is C22H32N2O4S. The maximum Gasteiger partial charge on any atom is 0.247 e. The molecule has 1 aromatic carbocycles. The lowest BCUT2D eigenvalue weighted by atomic mass is 10.0.